The lowest BCUT2D eigenvalue weighted by molar-refractivity contribution is 0.414. The lowest BCUT2D eigenvalue weighted by Gasteiger charge is -2.11. The summed E-state index contributed by atoms with van der Waals surface area (Å²) < 4.78 is 32.6. The van der Waals surface area contributed by atoms with Crippen molar-refractivity contribution in [1.82, 2.24) is 0 Å². The zero-order valence-corrected chi connectivity index (χ0v) is 13.3. The number of rotatable bonds is 4. The van der Waals surface area contributed by atoms with Crippen LogP contribution in [0.3, 0.4) is 0 Å². The number of ether oxygens (including phenoxy) is 1. The van der Waals surface area contributed by atoms with Crippen LogP contribution < -0.4 is 15.2 Å². The summed E-state index contributed by atoms with van der Waals surface area (Å²) in [7, 11) is -2.27. The maximum atomic E-state index is 12.5. The van der Waals surface area contributed by atoms with Gasteiger partial charge in [0.15, 0.2) is 0 Å². The van der Waals surface area contributed by atoms with Crippen molar-refractivity contribution in [3.05, 3.63) is 60.7 Å². The smallest absolute Gasteiger partial charge is 0.263 e. The highest BCUT2D eigenvalue weighted by Crippen LogP contribution is 2.27. The average Bonchev–Trinajstić information content (AvgIpc) is 2.54. The molecule has 0 aromatic heterocycles. The van der Waals surface area contributed by atoms with Crippen LogP contribution >= 0.6 is 0 Å². The van der Waals surface area contributed by atoms with Crippen molar-refractivity contribution >= 4 is 32.2 Å². The van der Waals surface area contributed by atoms with Crippen molar-refractivity contribution in [3.63, 3.8) is 0 Å². The zero-order valence-electron chi connectivity index (χ0n) is 12.5. The summed E-state index contributed by atoms with van der Waals surface area (Å²) in [6.07, 6.45) is 0. The summed E-state index contributed by atoms with van der Waals surface area (Å²) in [6, 6.07) is 17.6. The number of nitrogens with one attached hydrogen (secondary N) is 1. The molecule has 0 aliphatic carbocycles. The largest absolute Gasteiger partial charge is 0.497 e. The quantitative estimate of drug-likeness (QED) is 0.721. The third kappa shape index (κ3) is 3.07. The van der Waals surface area contributed by atoms with Crippen molar-refractivity contribution in [3.8, 4) is 5.75 Å². The van der Waals surface area contributed by atoms with Crippen molar-refractivity contribution in [1.29, 1.82) is 0 Å². The molecular weight excluding hydrogens is 312 g/mol. The second kappa shape index (κ2) is 5.81. The summed E-state index contributed by atoms with van der Waals surface area (Å²) in [5, 5.41) is 2.00. The van der Waals surface area contributed by atoms with Gasteiger partial charge in [-0.25, -0.2) is 8.42 Å². The zero-order chi connectivity index (χ0) is 16.4. The highest BCUT2D eigenvalue weighted by atomic mass is 32.2. The van der Waals surface area contributed by atoms with Gasteiger partial charge in [0.05, 0.1) is 12.8 Å². The number of methoxy groups -OCH3 is 1. The summed E-state index contributed by atoms with van der Waals surface area (Å²) >= 11 is 0. The third-order valence-electron chi connectivity index (χ3n) is 3.51. The minimum absolute atomic E-state index is 0.0199. The van der Waals surface area contributed by atoms with E-state index in [1.54, 1.807) is 18.2 Å². The molecule has 0 saturated heterocycles. The molecule has 0 saturated carbocycles. The molecule has 0 radical (unpaired) electrons. The Morgan fingerprint density at radius 3 is 2.39 bits per heavy atom. The van der Waals surface area contributed by atoms with Crippen LogP contribution in [-0.4, -0.2) is 15.5 Å². The van der Waals surface area contributed by atoms with Crippen LogP contribution in [0.2, 0.25) is 0 Å². The summed E-state index contributed by atoms with van der Waals surface area (Å²) in [4.78, 5) is 0.0199. The average molecular weight is 328 g/mol. The second-order valence-electron chi connectivity index (χ2n) is 5.07. The van der Waals surface area contributed by atoms with E-state index in [-0.39, 0.29) is 10.6 Å². The first kappa shape index (κ1) is 15.2. The van der Waals surface area contributed by atoms with Crippen LogP contribution in [0.25, 0.3) is 10.8 Å². The van der Waals surface area contributed by atoms with Gasteiger partial charge >= 0.3 is 0 Å². The van der Waals surface area contributed by atoms with Crippen molar-refractivity contribution in [2.45, 2.75) is 4.90 Å². The van der Waals surface area contributed by atoms with Gasteiger partial charge in [-0.2, -0.15) is 0 Å². The van der Waals surface area contributed by atoms with Gasteiger partial charge < -0.3 is 10.5 Å². The molecule has 0 atom stereocenters. The van der Waals surface area contributed by atoms with E-state index in [2.05, 4.69) is 4.72 Å². The predicted molar refractivity (Wildman–Crippen MR) is 92.2 cm³/mol. The van der Waals surface area contributed by atoms with Gasteiger partial charge in [-0.05, 0) is 35.0 Å². The number of nitrogens with two attached hydrogens (primary N) is 1. The number of nitrogen functional groups attached to an aromatic ring is 1. The maximum absolute atomic E-state index is 12.5. The summed E-state index contributed by atoms with van der Waals surface area (Å²) in [5.74, 6) is 0.507. The Labute approximate surface area is 134 Å². The van der Waals surface area contributed by atoms with Gasteiger partial charge in [-0.3, -0.25) is 4.72 Å². The fraction of sp³-hybridized carbons (Fsp3) is 0.0588. The molecule has 0 spiro atoms. The minimum Gasteiger partial charge on any atom is -0.497 e. The fourth-order valence-electron chi connectivity index (χ4n) is 2.36. The van der Waals surface area contributed by atoms with Crippen LogP contribution in [0.1, 0.15) is 0 Å². The fourth-order valence-corrected chi connectivity index (χ4v) is 3.52. The predicted octanol–water partition coefficient (Wildman–Crippen LogP) is 3.23. The van der Waals surface area contributed by atoms with Crippen LogP contribution in [0.15, 0.2) is 65.6 Å². The van der Waals surface area contributed by atoms with E-state index in [4.69, 9.17) is 10.5 Å². The number of hydrogen-bond donors (Lipinski definition) is 2. The van der Waals surface area contributed by atoms with Gasteiger partial charge in [-0.1, -0.05) is 30.3 Å². The Morgan fingerprint density at radius 2 is 1.70 bits per heavy atom. The Balaban J connectivity index is 1.96. The van der Waals surface area contributed by atoms with Crippen LogP contribution in [0.4, 0.5) is 11.4 Å². The third-order valence-corrected chi connectivity index (χ3v) is 4.96. The Hall–Kier alpha value is -2.73. The standard InChI is InChI=1S/C17H16N2O3S/c1-22-15-8-9-17(16(18)11-15)23(20,21)19-14-7-6-12-4-2-3-5-13(12)10-14/h2-11,19H,18H2,1H3. The van der Waals surface area contributed by atoms with Crippen LogP contribution in [0.5, 0.6) is 5.75 Å². The molecule has 0 unspecified atom stereocenters. The van der Waals surface area contributed by atoms with Gasteiger partial charge in [-0.15, -0.1) is 0 Å². The molecule has 0 bridgehead atoms. The molecule has 3 rings (SSSR count). The second-order valence-corrected chi connectivity index (χ2v) is 6.72. The Bertz CT molecular complexity index is 968. The van der Waals surface area contributed by atoms with Gasteiger partial charge in [0.2, 0.25) is 0 Å². The first-order valence-electron chi connectivity index (χ1n) is 6.95. The SMILES string of the molecule is COc1ccc(S(=O)(=O)Nc2ccc3ccccc3c2)c(N)c1. The topological polar surface area (TPSA) is 81.4 Å². The normalized spacial score (nSPS) is 11.3. The highest BCUT2D eigenvalue weighted by molar-refractivity contribution is 7.92. The number of fused-ring (bicyclic) bond motifs is 1. The molecule has 0 fully saturated rings. The van der Waals surface area contributed by atoms with E-state index in [0.29, 0.717) is 11.4 Å². The number of hydrogen-bond acceptors (Lipinski definition) is 4. The molecule has 23 heavy (non-hydrogen) atoms. The molecule has 0 heterocycles. The first-order chi connectivity index (χ1) is 11.0. The molecule has 3 N–H and O–H groups in total. The van der Waals surface area contributed by atoms with E-state index in [1.807, 2.05) is 30.3 Å². The molecule has 118 valence electrons. The summed E-state index contributed by atoms with van der Waals surface area (Å²) in [6.45, 7) is 0. The lowest BCUT2D eigenvalue weighted by atomic mass is 10.1. The monoisotopic (exact) mass is 328 g/mol. The van der Waals surface area contributed by atoms with Gasteiger partial charge in [0, 0.05) is 11.8 Å². The van der Waals surface area contributed by atoms with E-state index >= 15 is 0 Å². The maximum Gasteiger partial charge on any atom is 0.263 e. The lowest BCUT2D eigenvalue weighted by Crippen LogP contribution is -2.14. The number of benzene rings is 3. The Morgan fingerprint density at radius 1 is 0.957 bits per heavy atom. The summed E-state index contributed by atoms with van der Waals surface area (Å²) in [5.41, 5.74) is 6.45. The molecule has 0 aliphatic heterocycles. The highest BCUT2D eigenvalue weighted by Gasteiger charge is 2.18. The van der Waals surface area contributed by atoms with Crippen molar-refractivity contribution in [2.24, 2.45) is 0 Å². The molecule has 6 heteroatoms. The number of sulfonamides is 1. The Kier molecular flexibility index (Phi) is 3.83. The van der Waals surface area contributed by atoms with Gasteiger partial charge in [0.1, 0.15) is 10.6 Å². The first-order valence-corrected chi connectivity index (χ1v) is 8.43. The van der Waals surface area contributed by atoms with E-state index < -0.39 is 10.0 Å². The van der Waals surface area contributed by atoms with Crippen LogP contribution in [0, 0.1) is 0 Å². The molecule has 3 aromatic carbocycles. The minimum atomic E-state index is -3.77. The molecule has 0 aliphatic rings. The van der Waals surface area contributed by atoms with E-state index in [9.17, 15) is 8.42 Å². The molecule has 3 aromatic rings. The number of anilines is 2. The van der Waals surface area contributed by atoms with Crippen molar-refractivity contribution in [2.75, 3.05) is 17.6 Å². The molecule has 0 amide bonds. The van der Waals surface area contributed by atoms with E-state index in [0.717, 1.165) is 10.8 Å². The molecular formula is C17H16N2O3S. The van der Waals surface area contributed by atoms with Crippen LogP contribution in [-0.2, 0) is 10.0 Å². The van der Waals surface area contributed by atoms with Crippen molar-refractivity contribution < 1.29 is 13.2 Å². The van der Waals surface area contributed by atoms with E-state index in [1.165, 1.54) is 19.2 Å². The molecule has 5 nitrogen and oxygen atoms in total. The van der Waals surface area contributed by atoms with Gasteiger partial charge in [0.25, 0.3) is 10.0 Å².